The molecule has 1 saturated carbocycles. The smallest absolute Gasteiger partial charge is 0.0569 e. The highest BCUT2D eigenvalue weighted by Crippen LogP contribution is 2.28. The summed E-state index contributed by atoms with van der Waals surface area (Å²) in [6, 6.07) is 10.4. The third kappa shape index (κ3) is 2.76. The summed E-state index contributed by atoms with van der Waals surface area (Å²) in [5.41, 5.74) is 1.26. The molecule has 2 heteroatoms. The van der Waals surface area contributed by atoms with Gasteiger partial charge in [-0.1, -0.05) is 24.6 Å². The first kappa shape index (κ1) is 11.5. The molecule has 0 amide bonds. The summed E-state index contributed by atoms with van der Waals surface area (Å²) in [5.74, 6) is 0.520. The molecule has 0 bridgehead atoms. The molecule has 2 nitrogen and oxygen atoms in total. The van der Waals surface area contributed by atoms with Crippen LogP contribution in [0.4, 0.5) is 5.69 Å². The fraction of sp³-hybridized carbons (Fsp3) is 0.571. The zero-order valence-electron chi connectivity index (χ0n) is 9.97. The second-order valence-corrected chi connectivity index (χ2v) is 4.80. The summed E-state index contributed by atoms with van der Waals surface area (Å²) in [4.78, 5) is 2.27. The van der Waals surface area contributed by atoms with Crippen LogP contribution in [0.1, 0.15) is 25.7 Å². The monoisotopic (exact) mass is 219 g/mol. The zero-order valence-corrected chi connectivity index (χ0v) is 9.97. The molecule has 0 saturated heterocycles. The summed E-state index contributed by atoms with van der Waals surface area (Å²) >= 11 is 0. The average molecular weight is 219 g/mol. The van der Waals surface area contributed by atoms with Gasteiger partial charge in [0.2, 0.25) is 0 Å². The Kier molecular flexibility index (Phi) is 3.83. The van der Waals surface area contributed by atoms with Crippen molar-refractivity contribution in [3.63, 3.8) is 0 Å². The van der Waals surface area contributed by atoms with Crippen LogP contribution in [-0.2, 0) is 0 Å². The maximum absolute atomic E-state index is 9.75. The molecule has 1 aromatic rings. The first-order valence-electron chi connectivity index (χ1n) is 6.21. The number of aliphatic hydroxyl groups excluding tert-OH is 1. The van der Waals surface area contributed by atoms with Crippen molar-refractivity contribution in [2.75, 3.05) is 18.5 Å². The minimum atomic E-state index is -0.0517. The predicted molar refractivity (Wildman–Crippen MR) is 67.7 cm³/mol. The Hall–Kier alpha value is -1.02. The van der Waals surface area contributed by atoms with Gasteiger partial charge in [-0.15, -0.1) is 0 Å². The van der Waals surface area contributed by atoms with Gasteiger partial charge < -0.3 is 10.0 Å². The Morgan fingerprint density at radius 3 is 2.62 bits per heavy atom. The zero-order chi connectivity index (χ0) is 11.4. The number of nitrogens with zero attached hydrogens (tertiary/aromatic N) is 1. The molecule has 0 aromatic heterocycles. The summed E-state index contributed by atoms with van der Waals surface area (Å²) in [6.45, 7) is 1.03. The maximum atomic E-state index is 9.75. The normalized spacial score (nSPS) is 24.6. The molecule has 88 valence electrons. The van der Waals surface area contributed by atoms with E-state index in [1.807, 2.05) is 6.07 Å². The lowest BCUT2D eigenvalue weighted by Crippen LogP contribution is -2.23. The minimum absolute atomic E-state index is 0.0517. The van der Waals surface area contributed by atoms with Gasteiger partial charge in [0.25, 0.3) is 0 Å². The number of para-hydroxylation sites is 1. The van der Waals surface area contributed by atoms with E-state index < -0.39 is 0 Å². The van der Waals surface area contributed by atoms with Gasteiger partial charge in [0, 0.05) is 19.3 Å². The van der Waals surface area contributed by atoms with Crippen molar-refractivity contribution < 1.29 is 5.11 Å². The molecule has 2 atom stereocenters. The van der Waals surface area contributed by atoms with E-state index in [1.165, 1.54) is 18.5 Å². The lowest BCUT2D eigenvalue weighted by atomic mass is 10.0. The van der Waals surface area contributed by atoms with Crippen LogP contribution in [0.15, 0.2) is 30.3 Å². The van der Waals surface area contributed by atoms with Crippen LogP contribution >= 0.6 is 0 Å². The van der Waals surface area contributed by atoms with E-state index in [4.69, 9.17) is 0 Å². The van der Waals surface area contributed by atoms with Gasteiger partial charge in [-0.25, -0.2) is 0 Å². The second kappa shape index (κ2) is 5.35. The van der Waals surface area contributed by atoms with Crippen molar-refractivity contribution in [3.8, 4) is 0 Å². The molecular weight excluding hydrogens is 198 g/mol. The van der Waals surface area contributed by atoms with Crippen molar-refractivity contribution in [1.82, 2.24) is 0 Å². The van der Waals surface area contributed by atoms with E-state index >= 15 is 0 Å². The minimum Gasteiger partial charge on any atom is -0.393 e. The van der Waals surface area contributed by atoms with E-state index in [1.54, 1.807) is 0 Å². The third-order valence-electron chi connectivity index (χ3n) is 3.65. The highest BCUT2D eigenvalue weighted by Gasteiger charge is 2.24. The van der Waals surface area contributed by atoms with Gasteiger partial charge in [-0.05, 0) is 37.3 Å². The number of hydrogen-bond acceptors (Lipinski definition) is 2. The van der Waals surface area contributed by atoms with Gasteiger partial charge in [0.05, 0.1) is 6.10 Å². The Labute approximate surface area is 97.9 Å². The number of benzene rings is 1. The molecule has 0 spiro atoms. The van der Waals surface area contributed by atoms with Gasteiger partial charge >= 0.3 is 0 Å². The predicted octanol–water partition coefficient (Wildman–Crippen LogP) is 2.67. The summed E-state index contributed by atoms with van der Waals surface area (Å²) in [6.07, 6.45) is 4.45. The molecule has 1 aliphatic carbocycles. The largest absolute Gasteiger partial charge is 0.393 e. The highest BCUT2D eigenvalue weighted by atomic mass is 16.3. The van der Waals surface area contributed by atoms with Crippen molar-refractivity contribution in [2.24, 2.45) is 5.92 Å². The molecule has 0 aliphatic heterocycles. The van der Waals surface area contributed by atoms with Crippen LogP contribution in [0, 0.1) is 5.92 Å². The fourth-order valence-corrected chi connectivity index (χ4v) is 2.53. The van der Waals surface area contributed by atoms with Gasteiger partial charge in [0.15, 0.2) is 0 Å². The van der Waals surface area contributed by atoms with E-state index in [0.717, 1.165) is 19.4 Å². The maximum Gasteiger partial charge on any atom is 0.0569 e. The third-order valence-corrected chi connectivity index (χ3v) is 3.65. The number of aliphatic hydroxyl groups is 1. The van der Waals surface area contributed by atoms with E-state index in [9.17, 15) is 5.11 Å². The van der Waals surface area contributed by atoms with Crippen LogP contribution in [0.25, 0.3) is 0 Å². The molecule has 1 fully saturated rings. The molecular formula is C14H21NO. The van der Waals surface area contributed by atoms with E-state index in [-0.39, 0.29) is 6.10 Å². The van der Waals surface area contributed by atoms with Crippen LogP contribution in [0.3, 0.4) is 0 Å². The van der Waals surface area contributed by atoms with Crippen LogP contribution < -0.4 is 4.90 Å². The lowest BCUT2D eigenvalue weighted by molar-refractivity contribution is 0.129. The van der Waals surface area contributed by atoms with Gasteiger partial charge in [-0.3, -0.25) is 0 Å². The SMILES string of the molecule is CN(CCC1CCCC1O)c1ccccc1. The molecule has 1 N–H and O–H groups in total. The van der Waals surface area contributed by atoms with Crippen LogP contribution in [-0.4, -0.2) is 24.8 Å². The standard InChI is InChI=1S/C14H21NO/c1-15(13-7-3-2-4-8-13)11-10-12-6-5-9-14(12)16/h2-4,7-8,12,14,16H,5-6,9-11H2,1H3. The van der Waals surface area contributed by atoms with E-state index in [0.29, 0.717) is 5.92 Å². The topological polar surface area (TPSA) is 23.5 Å². The Morgan fingerprint density at radius 2 is 2.00 bits per heavy atom. The van der Waals surface area contributed by atoms with Crippen LogP contribution in [0.5, 0.6) is 0 Å². The van der Waals surface area contributed by atoms with Crippen molar-refractivity contribution in [3.05, 3.63) is 30.3 Å². The Balaban J connectivity index is 1.82. The quantitative estimate of drug-likeness (QED) is 0.841. The Bertz CT molecular complexity index is 312. The Morgan fingerprint density at radius 1 is 1.25 bits per heavy atom. The summed E-state index contributed by atoms with van der Waals surface area (Å²) in [5, 5.41) is 9.75. The lowest BCUT2D eigenvalue weighted by Gasteiger charge is -2.22. The first-order valence-corrected chi connectivity index (χ1v) is 6.21. The van der Waals surface area contributed by atoms with Crippen molar-refractivity contribution in [1.29, 1.82) is 0 Å². The van der Waals surface area contributed by atoms with Gasteiger partial charge in [-0.2, -0.15) is 0 Å². The molecule has 0 heterocycles. The molecule has 0 radical (unpaired) electrons. The molecule has 1 aromatic carbocycles. The molecule has 2 rings (SSSR count). The average Bonchev–Trinajstić information content (AvgIpc) is 2.73. The molecule has 2 unspecified atom stereocenters. The second-order valence-electron chi connectivity index (χ2n) is 4.80. The fourth-order valence-electron chi connectivity index (χ4n) is 2.53. The summed E-state index contributed by atoms with van der Waals surface area (Å²) < 4.78 is 0. The summed E-state index contributed by atoms with van der Waals surface area (Å²) in [7, 11) is 2.12. The molecule has 16 heavy (non-hydrogen) atoms. The molecule has 1 aliphatic rings. The van der Waals surface area contributed by atoms with Crippen molar-refractivity contribution >= 4 is 5.69 Å². The van der Waals surface area contributed by atoms with E-state index in [2.05, 4.69) is 36.2 Å². The van der Waals surface area contributed by atoms with Crippen LogP contribution in [0.2, 0.25) is 0 Å². The highest BCUT2D eigenvalue weighted by molar-refractivity contribution is 5.44. The first-order chi connectivity index (χ1) is 7.77. The number of anilines is 1. The number of rotatable bonds is 4. The van der Waals surface area contributed by atoms with Crippen molar-refractivity contribution in [2.45, 2.75) is 31.8 Å². The van der Waals surface area contributed by atoms with Gasteiger partial charge in [0.1, 0.15) is 0 Å². The number of hydrogen-bond donors (Lipinski definition) is 1.